The van der Waals surface area contributed by atoms with Gasteiger partial charge in [0.2, 0.25) is 0 Å². The van der Waals surface area contributed by atoms with Crippen LogP contribution in [-0.4, -0.2) is 4.98 Å². The van der Waals surface area contributed by atoms with Crippen molar-refractivity contribution in [2.45, 2.75) is 39.5 Å². The fourth-order valence-corrected chi connectivity index (χ4v) is 3.44. The first-order valence-corrected chi connectivity index (χ1v) is 8.50. The standard InChI is InChI=1S/C21H25N2/c1-5-16(6-2)17-11-12-20-19(13-17)21(23(4)14-22-20)18-10-8-7-9-15(18)3/h7-14,16H,5-6H2,1-4H3/q+1. The maximum Gasteiger partial charge on any atom is 0.287 e. The lowest BCUT2D eigenvalue weighted by Gasteiger charge is -2.14. The topological polar surface area (TPSA) is 16.8 Å². The van der Waals surface area contributed by atoms with Gasteiger partial charge in [-0.15, -0.1) is 0 Å². The summed E-state index contributed by atoms with van der Waals surface area (Å²) in [5.74, 6) is 0.620. The molecule has 0 aliphatic rings. The van der Waals surface area contributed by atoms with E-state index in [1.165, 1.54) is 40.6 Å². The second kappa shape index (κ2) is 6.49. The van der Waals surface area contributed by atoms with Gasteiger partial charge in [-0.05, 0) is 53.9 Å². The summed E-state index contributed by atoms with van der Waals surface area (Å²) in [7, 11) is 2.08. The van der Waals surface area contributed by atoms with Gasteiger partial charge in [0, 0.05) is 5.56 Å². The number of aryl methyl sites for hydroxylation is 2. The zero-order valence-corrected chi connectivity index (χ0v) is 14.5. The first kappa shape index (κ1) is 15.7. The van der Waals surface area contributed by atoms with Crippen LogP contribution in [0.2, 0.25) is 0 Å². The molecule has 0 atom stereocenters. The van der Waals surface area contributed by atoms with Crippen molar-refractivity contribution in [2.75, 3.05) is 0 Å². The molecule has 0 aliphatic heterocycles. The van der Waals surface area contributed by atoms with Crippen molar-refractivity contribution in [3.8, 4) is 11.3 Å². The number of rotatable bonds is 4. The highest BCUT2D eigenvalue weighted by atomic mass is 15.0. The summed E-state index contributed by atoms with van der Waals surface area (Å²) in [5, 5.41) is 1.24. The average Bonchev–Trinajstić information content (AvgIpc) is 2.57. The Hall–Kier alpha value is -2.22. The van der Waals surface area contributed by atoms with Gasteiger partial charge in [0.15, 0.2) is 5.52 Å². The van der Waals surface area contributed by atoms with E-state index in [1.807, 2.05) is 6.33 Å². The SMILES string of the molecule is CCC(CC)c1ccc2nc[n+](C)c(-c3ccccc3C)c2c1. The molecule has 1 heterocycles. The maximum absolute atomic E-state index is 4.61. The quantitative estimate of drug-likeness (QED) is 0.624. The van der Waals surface area contributed by atoms with E-state index in [2.05, 4.69) is 79.8 Å². The summed E-state index contributed by atoms with van der Waals surface area (Å²) in [6.45, 7) is 6.71. The minimum atomic E-state index is 0.620. The lowest BCUT2D eigenvalue weighted by molar-refractivity contribution is -0.662. The van der Waals surface area contributed by atoms with Gasteiger partial charge >= 0.3 is 0 Å². The summed E-state index contributed by atoms with van der Waals surface area (Å²) < 4.78 is 2.14. The van der Waals surface area contributed by atoms with Crippen molar-refractivity contribution < 1.29 is 4.57 Å². The summed E-state index contributed by atoms with van der Waals surface area (Å²) in [6.07, 6.45) is 4.27. The van der Waals surface area contributed by atoms with Gasteiger partial charge < -0.3 is 0 Å². The van der Waals surface area contributed by atoms with Gasteiger partial charge in [0.05, 0.1) is 12.4 Å². The molecular formula is C21H25N2+. The number of fused-ring (bicyclic) bond motifs is 1. The van der Waals surface area contributed by atoms with Crippen molar-refractivity contribution in [3.05, 3.63) is 59.9 Å². The minimum Gasteiger partial charge on any atom is -0.232 e. The van der Waals surface area contributed by atoms with Gasteiger partial charge in [-0.3, -0.25) is 0 Å². The zero-order chi connectivity index (χ0) is 16.4. The van der Waals surface area contributed by atoms with Crippen molar-refractivity contribution >= 4 is 10.9 Å². The fraction of sp³-hybridized carbons (Fsp3) is 0.333. The van der Waals surface area contributed by atoms with Crippen LogP contribution in [0.5, 0.6) is 0 Å². The normalized spacial score (nSPS) is 11.3. The van der Waals surface area contributed by atoms with E-state index in [0.29, 0.717) is 5.92 Å². The molecule has 0 N–H and O–H groups in total. The predicted molar refractivity (Wildman–Crippen MR) is 96.4 cm³/mol. The van der Waals surface area contributed by atoms with Crippen LogP contribution >= 0.6 is 0 Å². The molecule has 0 bridgehead atoms. The number of benzene rings is 2. The fourth-order valence-electron chi connectivity index (χ4n) is 3.44. The molecule has 3 rings (SSSR count). The van der Waals surface area contributed by atoms with E-state index in [0.717, 1.165) is 5.52 Å². The zero-order valence-electron chi connectivity index (χ0n) is 14.5. The van der Waals surface area contributed by atoms with Crippen molar-refractivity contribution in [3.63, 3.8) is 0 Å². The Labute approximate surface area is 138 Å². The predicted octanol–water partition coefficient (Wildman–Crippen LogP) is 4.94. The highest BCUT2D eigenvalue weighted by Crippen LogP contribution is 2.31. The third-order valence-electron chi connectivity index (χ3n) is 4.86. The summed E-state index contributed by atoms with van der Waals surface area (Å²) in [6, 6.07) is 15.3. The van der Waals surface area contributed by atoms with Crippen molar-refractivity contribution in [1.29, 1.82) is 0 Å². The minimum absolute atomic E-state index is 0.620. The number of nitrogens with zero attached hydrogens (tertiary/aromatic N) is 2. The lowest BCUT2D eigenvalue weighted by Crippen LogP contribution is -2.31. The Balaban J connectivity index is 2.30. The van der Waals surface area contributed by atoms with Crippen LogP contribution in [0.3, 0.4) is 0 Å². The van der Waals surface area contributed by atoms with Crippen LogP contribution in [-0.2, 0) is 7.05 Å². The highest BCUT2D eigenvalue weighted by Gasteiger charge is 2.18. The van der Waals surface area contributed by atoms with Crippen LogP contribution in [0.15, 0.2) is 48.8 Å². The largest absolute Gasteiger partial charge is 0.287 e. The van der Waals surface area contributed by atoms with E-state index in [9.17, 15) is 0 Å². The Bertz CT molecular complexity index is 832. The molecule has 0 fully saturated rings. The number of hydrogen-bond acceptors (Lipinski definition) is 1. The van der Waals surface area contributed by atoms with Gasteiger partial charge in [-0.2, -0.15) is 0 Å². The molecule has 0 radical (unpaired) electrons. The third kappa shape index (κ3) is 2.86. The Morgan fingerprint density at radius 3 is 2.48 bits per heavy atom. The van der Waals surface area contributed by atoms with E-state index < -0.39 is 0 Å². The molecule has 0 aliphatic carbocycles. The smallest absolute Gasteiger partial charge is 0.232 e. The van der Waals surface area contributed by atoms with E-state index in [1.54, 1.807) is 0 Å². The number of hydrogen-bond donors (Lipinski definition) is 0. The molecule has 0 unspecified atom stereocenters. The number of aromatic nitrogens is 2. The Morgan fingerprint density at radius 1 is 1.04 bits per heavy atom. The molecular weight excluding hydrogens is 280 g/mol. The molecule has 3 aromatic rings. The third-order valence-corrected chi connectivity index (χ3v) is 4.86. The van der Waals surface area contributed by atoms with Crippen LogP contribution in [0.1, 0.15) is 43.7 Å². The van der Waals surface area contributed by atoms with Crippen LogP contribution in [0.4, 0.5) is 0 Å². The highest BCUT2D eigenvalue weighted by molar-refractivity contribution is 5.91. The van der Waals surface area contributed by atoms with E-state index in [-0.39, 0.29) is 0 Å². The van der Waals surface area contributed by atoms with Crippen LogP contribution < -0.4 is 4.57 Å². The molecule has 0 saturated carbocycles. The molecule has 2 nitrogen and oxygen atoms in total. The Morgan fingerprint density at radius 2 is 1.78 bits per heavy atom. The summed E-state index contributed by atoms with van der Waals surface area (Å²) in [4.78, 5) is 4.61. The molecule has 2 heteroatoms. The monoisotopic (exact) mass is 305 g/mol. The summed E-state index contributed by atoms with van der Waals surface area (Å²) in [5.41, 5.74) is 6.31. The lowest BCUT2D eigenvalue weighted by atomic mass is 9.91. The summed E-state index contributed by atoms with van der Waals surface area (Å²) >= 11 is 0. The maximum atomic E-state index is 4.61. The first-order valence-electron chi connectivity index (χ1n) is 8.50. The van der Waals surface area contributed by atoms with Crippen molar-refractivity contribution in [2.24, 2.45) is 7.05 Å². The molecule has 118 valence electrons. The Kier molecular flexibility index (Phi) is 4.42. The average molecular weight is 305 g/mol. The van der Waals surface area contributed by atoms with Gasteiger partial charge in [-0.1, -0.05) is 44.2 Å². The van der Waals surface area contributed by atoms with Gasteiger partial charge in [0.1, 0.15) is 5.69 Å². The molecule has 23 heavy (non-hydrogen) atoms. The van der Waals surface area contributed by atoms with Crippen molar-refractivity contribution in [1.82, 2.24) is 4.98 Å². The second-order valence-electron chi connectivity index (χ2n) is 6.31. The molecule has 0 amide bonds. The second-order valence-corrected chi connectivity index (χ2v) is 6.31. The molecule has 0 spiro atoms. The van der Waals surface area contributed by atoms with E-state index >= 15 is 0 Å². The van der Waals surface area contributed by atoms with Crippen LogP contribution in [0.25, 0.3) is 22.2 Å². The van der Waals surface area contributed by atoms with Crippen LogP contribution in [0, 0.1) is 6.92 Å². The molecule has 0 saturated heterocycles. The first-order chi connectivity index (χ1) is 11.2. The molecule has 1 aromatic heterocycles. The van der Waals surface area contributed by atoms with E-state index in [4.69, 9.17) is 0 Å². The molecule has 2 aromatic carbocycles. The van der Waals surface area contributed by atoms with Gasteiger partial charge in [-0.25, -0.2) is 4.57 Å². The van der Waals surface area contributed by atoms with Gasteiger partial charge in [0.25, 0.3) is 6.33 Å².